The molecule has 0 radical (unpaired) electrons. The lowest BCUT2D eigenvalue weighted by Gasteiger charge is -2.32. The third-order valence-electron chi connectivity index (χ3n) is 4.94. The molecular formula is C23H29N3O2S2. The van der Waals surface area contributed by atoms with E-state index in [9.17, 15) is 8.42 Å². The molecule has 0 amide bonds. The Balaban J connectivity index is 2.05. The van der Waals surface area contributed by atoms with E-state index in [-0.39, 0.29) is 33.4 Å². The smallest absolute Gasteiger partial charge is 0.242 e. The first-order valence-corrected chi connectivity index (χ1v) is 11.5. The highest BCUT2D eigenvalue weighted by Gasteiger charge is 2.25. The van der Waals surface area contributed by atoms with Crippen LogP contribution in [0.25, 0.3) is 5.57 Å². The van der Waals surface area contributed by atoms with E-state index in [0.717, 1.165) is 13.1 Å². The van der Waals surface area contributed by atoms with Gasteiger partial charge in [-0.1, -0.05) is 35.9 Å². The average molecular weight is 458 g/mol. The monoisotopic (exact) mass is 457 g/mol. The maximum absolute atomic E-state index is 13.7. The van der Waals surface area contributed by atoms with Crippen LogP contribution in [0.4, 0.5) is 0 Å². The van der Waals surface area contributed by atoms with Crippen LogP contribution in [0.1, 0.15) is 36.7 Å². The van der Waals surface area contributed by atoms with Crippen LogP contribution in [0, 0.1) is 0 Å². The third-order valence-corrected chi connectivity index (χ3v) is 7.16. The van der Waals surface area contributed by atoms with Crippen molar-refractivity contribution in [1.29, 1.82) is 0 Å². The summed E-state index contributed by atoms with van der Waals surface area (Å²) < 4.78 is 141. The minimum absolute atomic E-state index is 0.000518. The fourth-order valence-corrected chi connectivity index (χ4v) is 4.73. The van der Waals surface area contributed by atoms with Crippen molar-refractivity contribution in [2.24, 2.45) is 0 Å². The van der Waals surface area contributed by atoms with Gasteiger partial charge in [0.1, 0.15) is 0 Å². The largest absolute Gasteiger partial charge is 0.304 e. The maximum Gasteiger partial charge on any atom is 0.242 e. The van der Waals surface area contributed by atoms with Gasteiger partial charge in [-0.05, 0) is 54.3 Å². The first-order chi connectivity index (χ1) is 20.1. The Morgan fingerprint density at radius 2 is 1.87 bits per heavy atom. The molecule has 4 rings (SSSR count). The molecule has 0 bridgehead atoms. The molecular weight excluding hydrogens is 414 g/mol. The van der Waals surface area contributed by atoms with E-state index < -0.39 is 81.0 Å². The van der Waals surface area contributed by atoms with Crippen molar-refractivity contribution in [3.05, 3.63) is 59.5 Å². The van der Waals surface area contributed by atoms with Gasteiger partial charge in [-0.2, -0.15) is 0 Å². The van der Waals surface area contributed by atoms with Crippen molar-refractivity contribution < 1.29 is 27.6 Å². The molecule has 2 aliphatic rings. The Kier molecular flexibility index (Phi) is 3.04. The standard InChI is InChI=1S/C23H29N3O2S2/c1-24(2)30(27,28)18-10-11-23-21(17-18)19(20-7-4-5-9-22(20)29-23)8-6-12-26-15-13-25(3)14-16-26/h4-5,7-11,17H,6,12-16H2,1-3H3/b19-8-/i1D3,2D3,4D,5D,7D,8D,9D,10D,11D,17D. The van der Waals surface area contributed by atoms with Gasteiger partial charge in [0.05, 0.1) is 15.9 Å². The van der Waals surface area contributed by atoms with Crippen molar-refractivity contribution in [2.75, 3.05) is 53.7 Å². The molecule has 0 atom stereocenters. The van der Waals surface area contributed by atoms with E-state index in [2.05, 4.69) is 9.80 Å². The first-order valence-electron chi connectivity index (χ1n) is 16.2. The van der Waals surface area contributed by atoms with Crippen molar-refractivity contribution >= 4 is 27.4 Å². The molecule has 0 aromatic heterocycles. The summed E-state index contributed by atoms with van der Waals surface area (Å²) in [7, 11) is -3.70. The summed E-state index contributed by atoms with van der Waals surface area (Å²) >= 11 is 0.605. The highest BCUT2D eigenvalue weighted by atomic mass is 32.2. The molecule has 160 valence electrons. The molecule has 2 aliphatic heterocycles. The Bertz CT molecular complexity index is 1640. The Labute approximate surface area is 204 Å². The average Bonchev–Trinajstić information content (AvgIpc) is 2.90. The molecule has 1 saturated heterocycles. The van der Waals surface area contributed by atoms with Crippen LogP contribution in [-0.2, 0) is 10.0 Å². The predicted molar refractivity (Wildman–Crippen MR) is 124 cm³/mol. The molecule has 2 aromatic carbocycles. The van der Waals surface area contributed by atoms with Gasteiger partial charge in [-0.3, -0.25) is 0 Å². The van der Waals surface area contributed by atoms with Crippen LogP contribution < -0.4 is 0 Å². The molecule has 0 saturated carbocycles. The molecule has 2 aromatic rings. The quantitative estimate of drug-likeness (QED) is 0.587. The number of rotatable bonds is 5. The molecule has 30 heavy (non-hydrogen) atoms. The molecule has 2 heterocycles. The predicted octanol–water partition coefficient (Wildman–Crippen LogP) is 3.47. The van der Waals surface area contributed by atoms with E-state index in [1.807, 2.05) is 7.05 Å². The number of piperazine rings is 1. The number of sulfonamides is 1. The highest BCUT2D eigenvalue weighted by molar-refractivity contribution is 7.99. The van der Waals surface area contributed by atoms with Crippen molar-refractivity contribution in [2.45, 2.75) is 21.1 Å². The minimum Gasteiger partial charge on any atom is -0.304 e. The number of hydrogen-bond acceptors (Lipinski definition) is 5. The van der Waals surface area contributed by atoms with E-state index in [1.165, 1.54) is 0 Å². The fraction of sp³-hybridized carbons (Fsp3) is 0.391. The Morgan fingerprint density at radius 3 is 2.63 bits per heavy atom. The lowest BCUT2D eigenvalue weighted by atomic mass is 9.96. The lowest BCUT2D eigenvalue weighted by Crippen LogP contribution is -2.44. The van der Waals surface area contributed by atoms with E-state index in [0.29, 0.717) is 31.4 Å². The van der Waals surface area contributed by atoms with Crippen LogP contribution in [-0.4, -0.2) is 76.2 Å². The van der Waals surface area contributed by atoms with Crippen LogP contribution in [0.15, 0.2) is 63.0 Å². The van der Waals surface area contributed by atoms with Crippen molar-refractivity contribution in [1.82, 2.24) is 14.1 Å². The fourth-order valence-electron chi connectivity index (χ4n) is 3.22. The SMILES string of the molecule is [2H]/C(CCN1CCN(C)CC1)=C1\c2c([2H])c([2H])c([2H])c([2H])c2Sc2c([2H])c([2H])c(S(=O)(=O)N(C([2H])([2H])[2H])C([2H])([2H])[2H])c([2H])c21. The molecule has 7 heteroatoms. The van der Waals surface area contributed by atoms with Gasteiger partial charge in [0, 0.05) is 64.7 Å². The van der Waals surface area contributed by atoms with Gasteiger partial charge < -0.3 is 9.80 Å². The molecule has 5 nitrogen and oxygen atoms in total. The zero-order chi connectivity index (χ0) is 33.3. The summed E-state index contributed by atoms with van der Waals surface area (Å²) in [6.07, 6.45) is -0.000518. The number of hydrogen-bond donors (Lipinski definition) is 0. The van der Waals surface area contributed by atoms with Gasteiger partial charge in [0.15, 0.2) is 0 Å². The van der Waals surface area contributed by atoms with Crippen LogP contribution >= 0.6 is 11.8 Å². The summed E-state index contributed by atoms with van der Waals surface area (Å²) in [5.74, 6) is 0. The zero-order valence-corrected chi connectivity index (χ0v) is 17.9. The topological polar surface area (TPSA) is 43.9 Å². The molecule has 0 unspecified atom stereocenters. The second-order valence-corrected chi connectivity index (χ2v) is 9.67. The highest BCUT2D eigenvalue weighted by Crippen LogP contribution is 2.46. The number of benzene rings is 2. The van der Waals surface area contributed by atoms with Gasteiger partial charge >= 0.3 is 0 Å². The summed E-state index contributed by atoms with van der Waals surface area (Å²) in [6, 6.07) is -5.60. The summed E-state index contributed by atoms with van der Waals surface area (Å²) in [6.45, 7) is -4.26. The zero-order valence-electron chi connectivity index (χ0n) is 30.2. The molecule has 0 N–H and O–H groups in total. The van der Waals surface area contributed by atoms with Gasteiger partial charge in [-0.15, -0.1) is 0 Å². The van der Waals surface area contributed by atoms with E-state index in [1.54, 1.807) is 0 Å². The number of fused-ring (bicyclic) bond motifs is 2. The molecule has 0 aliphatic carbocycles. The summed E-state index contributed by atoms with van der Waals surface area (Å²) in [5.41, 5.74) is -0.889. The van der Waals surface area contributed by atoms with Crippen LogP contribution in [0.2, 0.25) is 0 Å². The Morgan fingerprint density at radius 1 is 1.13 bits per heavy atom. The first kappa shape index (κ1) is 10.3. The maximum atomic E-state index is 13.7. The summed E-state index contributed by atoms with van der Waals surface area (Å²) in [4.78, 5) is 2.49. The third kappa shape index (κ3) is 4.36. The van der Waals surface area contributed by atoms with Crippen molar-refractivity contribution in [3.63, 3.8) is 0 Å². The Hall–Kier alpha value is -1.64. The summed E-state index contributed by atoms with van der Waals surface area (Å²) in [5, 5.41) is 0. The lowest BCUT2D eigenvalue weighted by molar-refractivity contribution is 0.156. The number of likely N-dealkylation sites (N-methyl/N-ethyl adjacent to an activating group) is 1. The van der Waals surface area contributed by atoms with E-state index >= 15 is 0 Å². The normalized spacial score (nSPS) is 27.0. The van der Waals surface area contributed by atoms with Crippen LogP contribution in [0.5, 0.6) is 0 Å². The minimum atomic E-state index is -5.67. The van der Waals surface area contributed by atoms with Gasteiger partial charge in [-0.25, -0.2) is 12.7 Å². The second-order valence-electron chi connectivity index (χ2n) is 6.93. The number of nitrogens with zero attached hydrogens (tertiary/aromatic N) is 3. The van der Waals surface area contributed by atoms with Crippen LogP contribution in [0.3, 0.4) is 0 Å². The second kappa shape index (κ2) is 8.85. The van der Waals surface area contributed by atoms with Gasteiger partial charge in [0.25, 0.3) is 0 Å². The molecule has 1 fully saturated rings. The van der Waals surface area contributed by atoms with E-state index in [4.69, 9.17) is 19.2 Å². The molecule has 0 spiro atoms. The van der Waals surface area contributed by atoms with Crippen molar-refractivity contribution in [3.8, 4) is 0 Å². The van der Waals surface area contributed by atoms with Gasteiger partial charge in [0.2, 0.25) is 10.0 Å².